The first kappa shape index (κ1) is 20.5. The SMILES string of the molecule is COCc1ccc(CNC(=O)c2ccccc2S(=O)(=O)N2CCCCC2)cc1. The summed E-state index contributed by atoms with van der Waals surface area (Å²) in [6.07, 6.45) is 2.75. The van der Waals surface area contributed by atoms with Gasteiger partial charge in [-0.2, -0.15) is 4.31 Å². The Balaban J connectivity index is 1.73. The number of amides is 1. The van der Waals surface area contributed by atoms with Crippen LogP contribution in [0, 0.1) is 0 Å². The number of benzene rings is 2. The van der Waals surface area contributed by atoms with Crippen molar-refractivity contribution in [2.24, 2.45) is 0 Å². The van der Waals surface area contributed by atoms with E-state index in [0.29, 0.717) is 26.2 Å². The van der Waals surface area contributed by atoms with E-state index in [1.807, 2.05) is 24.3 Å². The van der Waals surface area contributed by atoms with Gasteiger partial charge in [-0.25, -0.2) is 8.42 Å². The molecule has 0 atom stereocenters. The maximum atomic E-state index is 13.0. The highest BCUT2D eigenvalue weighted by Crippen LogP contribution is 2.23. The number of sulfonamides is 1. The minimum Gasteiger partial charge on any atom is -0.380 e. The third-order valence-corrected chi connectivity index (χ3v) is 6.81. The summed E-state index contributed by atoms with van der Waals surface area (Å²) in [5.74, 6) is -0.392. The zero-order chi connectivity index (χ0) is 20.0. The predicted octanol–water partition coefficient (Wildman–Crippen LogP) is 2.94. The van der Waals surface area contributed by atoms with E-state index in [9.17, 15) is 13.2 Å². The van der Waals surface area contributed by atoms with Crippen molar-refractivity contribution in [2.75, 3.05) is 20.2 Å². The number of carbonyl (C=O) groups is 1. The number of piperidine rings is 1. The molecule has 0 aromatic heterocycles. The Morgan fingerprint density at radius 1 is 1.00 bits per heavy atom. The van der Waals surface area contributed by atoms with Gasteiger partial charge in [0.05, 0.1) is 17.1 Å². The number of hydrogen-bond donors (Lipinski definition) is 1. The molecule has 1 aliphatic rings. The highest BCUT2D eigenvalue weighted by molar-refractivity contribution is 7.89. The second-order valence-electron chi connectivity index (χ2n) is 6.89. The van der Waals surface area contributed by atoms with Gasteiger partial charge in [0.15, 0.2) is 0 Å². The lowest BCUT2D eigenvalue weighted by Gasteiger charge is -2.26. The number of methoxy groups -OCH3 is 1. The van der Waals surface area contributed by atoms with Crippen LogP contribution in [0.5, 0.6) is 0 Å². The van der Waals surface area contributed by atoms with E-state index in [4.69, 9.17) is 4.74 Å². The highest BCUT2D eigenvalue weighted by Gasteiger charge is 2.29. The second-order valence-corrected chi connectivity index (χ2v) is 8.80. The molecule has 2 aromatic rings. The van der Waals surface area contributed by atoms with Crippen LogP contribution in [0.15, 0.2) is 53.4 Å². The lowest BCUT2D eigenvalue weighted by atomic mass is 10.1. The monoisotopic (exact) mass is 402 g/mol. The minimum atomic E-state index is -3.67. The summed E-state index contributed by atoms with van der Waals surface area (Å²) in [6.45, 7) is 1.87. The number of rotatable bonds is 7. The Morgan fingerprint density at radius 3 is 2.32 bits per heavy atom. The molecule has 1 aliphatic heterocycles. The van der Waals surface area contributed by atoms with Crippen molar-refractivity contribution in [3.05, 3.63) is 65.2 Å². The molecule has 28 heavy (non-hydrogen) atoms. The van der Waals surface area contributed by atoms with E-state index < -0.39 is 15.9 Å². The number of nitrogens with zero attached hydrogens (tertiary/aromatic N) is 1. The van der Waals surface area contributed by atoms with E-state index >= 15 is 0 Å². The smallest absolute Gasteiger partial charge is 0.252 e. The standard InChI is InChI=1S/C21H26N2O4S/c1-27-16-18-11-9-17(10-12-18)15-22-21(24)19-7-3-4-8-20(19)28(25,26)23-13-5-2-6-14-23/h3-4,7-12H,2,5-6,13-16H2,1H3,(H,22,24). The van der Waals surface area contributed by atoms with Crippen LogP contribution in [-0.2, 0) is 27.9 Å². The Labute approximate surface area is 166 Å². The number of hydrogen-bond acceptors (Lipinski definition) is 4. The number of ether oxygens (including phenoxy) is 1. The largest absolute Gasteiger partial charge is 0.380 e. The van der Waals surface area contributed by atoms with Gasteiger partial charge in [0.2, 0.25) is 10.0 Å². The van der Waals surface area contributed by atoms with Gasteiger partial charge in [-0.1, -0.05) is 42.8 Å². The van der Waals surface area contributed by atoms with Crippen LogP contribution in [0.2, 0.25) is 0 Å². The van der Waals surface area contributed by atoms with Crippen LogP contribution in [0.25, 0.3) is 0 Å². The fourth-order valence-corrected chi connectivity index (χ4v) is 5.03. The first-order valence-electron chi connectivity index (χ1n) is 9.46. The van der Waals surface area contributed by atoms with Gasteiger partial charge in [0, 0.05) is 26.7 Å². The Morgan fingerprint density at radius 2 is 1.64 bits per heavy atom. The number of carbonyl (C=O) groups excluding carboxylic acids is 1. The molecule has 6 nitrogen and oxygen atoms in total. The van der Waals surface area contributed by atoms with Gasteiger partial charge in [-0.15, -0.1) is 0 Å². The highest BCUT2D eigenvalue weighted by atomic mass is 32.2. The summed E-state index contributed by atoms with van der Waals surface area (Å²) in [5.41, 5.74) is 2.17. The molecule has 0 aliphatic carbocycles. The number of nitrogens with one attached hydrogen (secondary N) is 1. The fourth-order valence-electron chi connectivity index (χ4n) is 3.32. The summed E-state index contributed by atoms with van der Waals surface area (Å²) in [6, 6.07) is 14.1. The molecule has 0 bridgehead atoms. The molecule has 0 spiro atoms. The van der Waals surface area contributed by atoms with E-state index in [1.54, 1.807) is 25.3 Å². The summed E-state index contributed by atoms with van der Waals surface area (Å²) in [7, 11) is -2.03. The van der Waals surface area contributed by atoms with E-state index in [0.717, 1.165) is 30.4 Å². The molecule has 1 amide bonds. The van der Waals surface area contributed by atoms with Crippen LogP contribution < -0.4 is 5.32 Å². The van der Waals surface area contributed by atoms with E-state index in [2.05, 4.69) is 5.32 Å². The summed E-state index contributed by atoms with van der Waals surface area (Å²) in [4.78, 5) is 12.8. The zero-order valence-electron chi connectivity index (χ0n) is 16.1. The molecule has 1 heterocycles. The molecule has 1 N–H and O–H groups in total. The first-order chi connectivity index (χ1) is 13.5. The lowest BCUT2D eigenvalue weighted by Crippen LogP contribution is -2.37. The molecular weight excluding hydrogens is 376 g/mol. The van der Waals surface area contributed by atoms with Gasteiger partial charge in [-0.05, 0) is 36.1 Å². The summed E-state index contributed by atoms with van der Waals surface area (Å²) >= 11 is 0. The van der Waals surface area contributed by atoms with Crippen LogP contribution in [0.4, 0.5) is 0 Å². The van der Waals surface area contributed by atoms with Crippen LogP contribution in [-0.4, -0.2) is 38.8 Å². The molecule has 0 saturated carbocycles. The molecule has 3 rings (SSSR count). The Hall–Kier alpha value is -2.22. The molecule has 0 radical (unpaired) electrons. The molecular formula is C21H26N2O4S. The quantitative estimate of drug-likeness (QED) is 0.773. The molecule has 0 unspecified atom stereocenters. The maximum absolute atomic E-state index is 13.0. The Bertz CT molecular complexity index is 904. The third-order valence-electron chi connectivity index (χ3n) is 4.85. The summed E-state index contributed by atoms with van der Waals surface area (Å²) < 4.78 is 32.6. The molecule has 2 aromatic carbocycles. The Kier molecular flexibility index (Phi) is 6.83. The average molecular weight is 403 g/mol. The van der Waals surface area contributed by atoms with Crippen molar-refractivity contribution in [1.29, 1.82) is 0 Å². The lowest BCUT2D eigenvalue weighted by molar-refractivity contribution is 0.0947. The van der Waals surface area contributed by atoms with E-state index in [-0.39, 0.29) is 10.5 Å². The van der Waals surface area contributed by atoms with E-state index in [1.165, 1.54) is 10.4 Å². The van der Waals surface area contributed by atoms with Crippen LogP contribution in [0.1, 0.15) is 40.7 Å². The van der Waals surface area contributed by atoms with Gasteiger partial charge < -0.3 is 10.1 Å². The average Bonchev–Trinajstić information content (AvgIpc) is 2.74. The normalized spacial score (nSPS) is 15.3. The van der Waals surface area contributed by atoms with Crippen LogP contribution in [0.3, 0.4) is 0 Å². The van der Waals surface area contributed by atoms with Crippen molar-refractivity contribution in [3.63, 3.8) is 0 Å². The molecule has 150 valence electrons. The van der Waals surface area contributed by atoms with Crippen molar-refractivity contribution in [1.82, 2.24) is 9.62 Å². The molecule has 1 fully saturated rings. The predicted molar refractivity (Wildman–Crippen MR) is 107 cm³/mol. The third kappa shape index (κ3) is 4.79. The molecule has 1 saturated heterocycles. The zero-order valence-corrected chi connectivity index (χ0v) is 16.9. The second kappa shape index (κ2) is 9.32. The van der Waals surface area contributed by atoms with Crippen molar-refractivity contribution < 1.29 is 17.9 Å². The summed E-state index contributed by atoms with van der Waals surface area (Å²) in [5, 5.41) is 2.83. The van der Waals surface area contributed by atoms with Crippen molar-refractivity contribution >= 4 is 15.9 Å². The fraction of sp³-hybridized carbons (Fsp3) is 0.381. The van der Waals surface area contributed by atoms with Gasteiger partial charge in [0.1, 0.15) is 0 Å². The first-order valence-corrected chi connectivity index (χ1v) is 10.9. The maximum Gasteiger partial charge on any atom is 0.252 e. The van der Waals surface area contributed by atoms with Crippen molar-refractivity contribution in [3.8, 4) is 0 Å². The van der Waals surface area contributed by atoms with Crippen molar-refractivity contribution in [2.45, 2.75) is 37.3 Å². The topological polar surface area (TPSA) is 75.7 Å². The van der Waals surface area contributed by atoms with Gasteiger partial charge >= 0.3 is 0 Å². The van der Waals surface area contributed by atoms with Crippen LogP contribution >= 0.6 is 0 Å². The minimum absolute atomic E-state index is 0.0739. The molecule has 7 heteroatoms. The van der Waals surface area contributed by atoms with Gasteiger partial charge in [0.25, 0.3) is 5.91 Å². The van der Waals surface area contributed by atoms with Gasteiger partial charge in [-0.3, -0.25) is 4.79 Å².